The number of nitrogens with two attached hydrogens (primary N) is 1. The van der Waals surface area contributed by atoms with Crippen LogP contribution in [-0.4, -0.2) is 19.7 Å². The van der Waals surface area contributed by atoms with E-state index in [9.17, 15) is 0 Å². The quantitative estimate of drug-likeness (QED) is 0.796. The molecule has 0 amide bonds. The van der Waals surface area contributed by atoms with Gasteiger partial charge in [-0.25, -0.2) is 0 Å². The predicted molar refractivity (Wildman–Crippen MR) is 86.5 cm³/mol. The van der Waals surface area contributed by atoms with Crippen molar-refractivity contribution >= 4 is 11.4 Å². The number of hydrogen-bond acceptors (Lipinski definition) is 3. The third-order valence-electron chi connectivity index (χ3n) is 4.19. The van der Waals surface area contributed by atoms with Crippen molar-refractivity contribution in [3.8, 4) is 5.75 Å². The molecule has 2 rings (SSSR count). The summed E-state index contributed by atoms with van der Waals surface area (Å²) in [6.07, 6.45) is 6.52. The summed E-state index contributed by atoms with van der Waals surface area (Å²) in [7, 11) is 1.70. The zero-order valence-electron chi connectivity index (χ0n) is 13.1. The Morgan fingerprint density at radius 2 is 1.95 bits per heavy atom. The Hall–Kier alpha value is -1.38. The maximum atomic E-state index is 6.02. The lowest BCUT2D eigenvalue weighted by atomic mass is 10.1. The van der Waals surface area contributed by atoms with Crippen LogP contribution in [0.4, 0.5) is 11.4 Å². The number of nitrogen functional groups attached to an aromatic ring is 1. The third-order valence-corrected chi connectivity index (χ3v) is 4.19. The van der Waals surface area contributed by atoms with E-state index >= 15 is 0 Å². The summed E-state index contributed by atoms with van der Waals surface area (Å²) >= 11 is 0. The SMILES string of the molecule is COc1cc(N)cc(N(CCC(C)C)C2CCCC2)c1. The molecule has 0 saturated heterocycles. The number of anilines is 2. The van der Waals surface area contributed by atoms with Gasteiger partial charge in [-0.2, -0.15) is 0 Å². The molecule has 0 bridgehead atoms. The first kappa shape index (κ1) is 15.0. The minimum Gasteiger partial charge on any atom is -0.497 e. The molecular weight excluding hydrogens is 248 g/mol. The van der Waals surface area contributed by atoms with Crippen LogP contribution in [-0.2, 0) is 0 Å². The van der Waals surface area contributed by atoms with Gasteiger partial charge in [0.05, 0.1) is 7.11 Å². The fraction of sp³-hybridized carbons (Fsp3) is 0.647. The number of methoxy groups -OCH3 is 1. The lowest BCUT2D eigenvalue weighted by Crippen LogP contribution is -2.34. The summed E-state index contributed by atoms with van der Waals surface area (Å²) in [5, 5.41) is 0. The molecule has 0 spiro atoms. The first-order valence-corrected chi connectivity index (χ1v) is 7.81. The van der Waals surface area contributed by atoms with Crippen LogP contribution in [0.25, 0.3) is 0 Å². The fourth-order valence-electron chi connectivity index (χ4n) is 3.03. The van der Waals surface area contributed by atoms with E-state index in [1.165, 1.54) is 37.8 Å². The first-order chi connectivity index (χ1) is 9.60. The molecule has 3 heteroatoms. The molecule has 2 N–H and O–H groups in total. The molecule has 0 radical (unpaired) electrons. The van der Waals surface area contributed by atoms with Crippen LogP contribution in [0.5, 0.6) is 5.75 Å². The van der Waals surface area contributed by atoms with E-state index in [1.807, 2.05) is 6.07 Å². The van der Waals surface area contributed by atoms with Gasteiger partial charge in [0.1, 0.15) is 5.75 Å². The van der Waals surface area contributed by atoms with Crippen molar-refractivity contribution in [1.82, 2.24) is 0 Å². The van der Waals surface area contributed by atoms with E-state index in [2.05, 4.69) is 30.9 Å². The Bertz CT molecular complexity index is 425. The zero-order valence-corrected chi connectivity index (χ0v) is 13.1. The molecule has 3 nitrogen and oxygen atoms in total. The molecular formula is C17H28N2O. The van der Waals surface area contributed by atoms with Gasteiger partial charge in [-0.15, -0.1) is 0 Å². The number of nitrogens with zero attached hydrogens (tertiary/aromatic N) is 1. The molecule has 1 saturated carbocycles. The van der Waals surface area contributed by atoms with Crippen LogP contribution in [0, 0.1) is 5.92 Å². The summed E-state index contributed by atoms with van der Waals surface area (Å²) in [4.78, 5) is 2.55. The van der Waals surface area contributed by atoms with Crippen molar-refractivity contribution in [2.75, 3.05) is 24.3 Å². The molecule has 0 atom stereocenters. The topological polar surface area (TPSA) is 38.5 Å². The van der Waals surface area contributed by atoms with Crippen molar-refractivity contribution in [2.24, 2.45) is 5.92 Å². The Morgan fingerprint density at radius 3 is 2.55 bits per heavy atom. The molecule has 1 fully saturated rings. The van der Waals surface area contributed by atoms with E-state index in [0.29, 0.717) is 6.04 Å². The summed E-state index contributed by atoms with van der Waals surface area (Å²) in [6, 6.07) is 6.76. The second kappa shape index (κ2) is 6.87. The van der Waals surface area contributed by atoms with E-state index < -0.39 is 0 Å². The molecule has 1 aromatic carbocycles. The molecule has 20 heavy (non-hydrogen) atoms. The van der Waals surface area contributed by atoms with Gasteiger partial charge in [0, 0.05) is 36.1 Å². The fourth-order valence-corrected chi connectivity index (χ4v) is 3.03. The lowest BCUT2D eigenvalue weighted by Gasteiger charge is -2.32. The number of benzene rings is 1. The Morgan fingerprint density at radius 1 is 1.25 bits per heavy atom. The van der Waals surface area contributed by atoms with Gasteiger partial charge < -0.3 is 15.4 Å². The second-order valence-corrected chi connectivity index (χ2v) is 6.28. The minimum absolute atomic E-state index is 0.667. The maximum Gasteiger partial charge on any atom is 0.122 e. The Labute approximate surface area is 123 Å². The molecule has 1 aliphatic rings. The highest BCUT2D eigenvalue weighted by atomic mass is 16.5. The monoisotopic (exact) mass is 276 g/mol. The Kier molecular flexibility index (Phi) is 5.16. The van der Waals surface area contributed by atoms with Gasteiger partial charge in [0.25, 0.3) is 0 Å². The van der Waals surface area contributed by atoms with Crippen molar-refractivity contribution in [3.05, 3.63) is 18.2 Å². The van der Waals surface area contributed by atoms with Crippen LogP contribution < -0.4 is 15.4 Å². The van der Waals surface area contributed by atoms with Crippen molar-refractivity contribution in [1.29, 1.82) is 0 Å². The largest absolute Gasteiger partial charge is 0.497 e. The third kappa shape index (κ3) is 3.81. The average Bonchev–Trinajstić information content (AvgIpc) is 2.92. The van der Waals surface area contributed by atoms with Gasteiger partial charge in [0.15, 0.2) is 0 Å². The normalized spacial score (nSPS) is 15.8. The molecule has 0 aromatic heterocycles. The van der Waals surface area contributed by atoms with E-state index in [0.717, 1.165) is 23.9 Å². The van der Waals surface area contributed by atoms with Crippen LogP contribution in [0.15, 0.2) is 18.2 Å². The summed E-state index contributed by atoms with van der Waals surface area (Å²) < 4.78 is 5.37. The minimum atomic E-state index is 0.667. The predicted octanol–water partition coefficient (Wildman–Crippen LogP) is 4.07. The molecule has 1 aliphatic carbocycles. The molecule has 0 unspecified atom stereocenters. The number of rotatable bonds is 6. The van der Waals surface area contributed by atoms with Gasteiger partial charge in [-0.3, -0.25) is 0 Å². The van der Waals surface area contributed by atoms with Crippen molar-refractivity contribution < 1.29 is 4.74 Å². The van der Waals surface area contributed by atoms with Crippen LogP contribution in [0.2, 0.25) is 0 Å². The van der Waals surface area contributed by atoms with Crippen LogP contribution in [0.1, 0.15) is 46.0 Å². The lowest BCUT2D eigenvalue weighted by molar-refractivity contribution is 0.414. The summed E-state index contributed by atoms with van der Waals surface area (Å²) in [5.41, 5.74) is 8.02. The first-order valence-electron chi connectivity index (χ1n) is 7.81. The standard InChI is InChI=1S/C17H28N2O/c1-13(2)8-9-19(15-6-4-5-7-15)16-10-14(18)11-17(12-16)20-3/h10-13,15H,4-9,18H2,1-3H3. The maximum absolute atomic E-state index is 6.02. The zero-order chi connectivity index (χ0) is 14.5. The molecule has 0 heterocycles. The number of hydrogen-bond donors (Lipinski definition) is 1. The van der Waals surface area contributed by atoms with Gasteiger partial charge in [-0.1, -0.05) is 26.7 Å². The van der Waals surface area contributed by atoms with Crippen molar-refractivity contribution in [2.45, 2.75) is 52.0 Å². The van der Waals surface area contributed by atoms with Gasteiger partial charge >= 0.3 is 0 Å². The molecule has 0 aliphatic heterocycles. The average molecular weight is 276 g/mol. The van der Waals surface area contributed by atoms with Gasteiger partial charge in [0.2, 0.25) is 0 Å². The number of ether oxygens (including phenoxy) is 1. The smallest absolute Gasteiger partial charge is 0.122 e. The van der Waals surface area contributed by atoms with E-state index in [1.54, 1.807) is 7.11 Å². The van der Waals surface area contributed by atoms with Crippen LogP contribution in [0.3, 0.4) is 0 Å². The van der Waals surface area contributed by atoms with Crippen LogP contribution >= 0.6 is 0 Å². The Balaban J connectivity index is 2.22. The van der Waals surface area contributed by atoms with Crippen molar-refractivity contribution in [3.63, 3.8) is 0 Å². The highest BCUT2D eigenvalue weighted by Gasteiger charge is 2.23. The second-order valence-electron chi connectivity index (χ2n) is 6.28. The summed E-state index contributed by atoms with van der Waals surface area (Å²) in [6.45, 7) is 5.68. The molecule has 112 valence electrons. The summed E-state index contributed by atoms with van der Waals surface area (Å²) in [5.74, 6) is 1.58. The van der Waals surface area contributed by atoms with E-state index in [-0.39, 0.29) is 0 Å². The highest BCUT2D eigenvalue weighted by molar-refractivity contribution is 5.61. The van der Waals surface area contributed by atoms with E-state index in [4.69, 9.17) is 10.5 Å². The van der Waals surface area contributed by atoms with Gasteiger partial charge in [-0.05, 0) is 31.2 Å². The molecule has 1 aromatic rings. The highest BCUT2D eigenvalue weighted by Crippen LogP contribution is 2.32.